The summed E-state index contributed by atoms with van der Waals surface area (Å²) < 4.78 is 4.79. The van der Waals surface area contributed by atoms with E-state index in [1.165, 1.54) is 87.5 Å². The summed E-state index contributed by atoms with van der Waals surface area (Å²) in [4.78, 5) is 0. The lowest BCUT2D eigenvalue weighted by Gasteiger charge is -2.13. The first-order valence-electron chi connectivity index (χ1n) is 15.9. The van der Waals surface area contributed by atoms with Crippen molar-refractivity contribution < 1.29 is 0 Å². The normalized spacial score (nSPS) is 11.9. The smallest absolute Gasteiger partial charge is 0.0619 e. The molecule has 46 heavy (non-hydrogen) atoms. The van der Waals surface area contributed by atoms with Gasteiger partial charge in [0, 0.05) is 38.5 Å². The zero-order valence-corrected chi connectivity index (χ0v) is 25.1. The van der Waals surface area contributed by atoms with Crippen molar-refractivity contribution in [2.45, 2.75) is 0 Å². The Labute approximate surface area is 266 Å². The van der Waals surface area contributed by atoms with Gasteiger partial charge in [0.05, 0.1) is 27.9 Å². The fourth-order valence-corrected chi connectivity index (χ4v) is 7.56. The van der Waals surface area contributed by atoms with Crippen LogP contribution in [0.3, 0.4) is 0 Å². The van der Waals surface area contributed by atoms with Gasteiger partial charge in [-0.25, -0.2) is 0 Å². The Morgan fingerprint density at radius 3 is 1.67 bits per heavy atom. The van der Waals surface area contributed by atoms with Gasteiger partial charge >= 0.3 is 0 Å². The minimum atomic E-state index is 1.20. The lowest BCUT2D eigenvalue weighted by Crippen LogP contribution is -1.96. The number of hydrogen-bond acceptors (Lipinski definition) is 0. The molecule has 0 saturated carbocycles. The molecule has 0 aliphatic heterocycles. The van der Waals surface area contributed by atoms with E-state index in [2.05, 4.69) is 179 Å². The molecule has 2 heteroatoms. The van der Waals surface area contributed by atoms with Gasteiger partial charge in [-0.2, -0.15) is 0 Å². The van der Waals surface area contributed by atoms with E-state index >= 15 is 0 Å². The average Bonchev–Trinajstić information content (AvgIpc) is 3.70. The first-order chi connectivity index (χ1) is 22.8. The Kier molecular flexibility index (Phi) is 5.31. The molecule has 0 radical (unpaired) electrons. The van der Waals surface area contributed by atoms with Gasteiger partial charge in [-0.15, -0.1) is 0 Å². The number of fused-ring (bicyclic) bond motifs is 8. The third-order valence-electron chi connectivity index (χ3n) is 9.71. The molecule has 0 aliphatic carbocycles. The molecule has 2 aromatic heterocycles. The van der Waals surface area contributed by atoms with Crippen LogP contribution in [0.4, 0.5) is 0 Å². The number of hydrogen-bond donors (Lipinski definition) is 0. The summed E-state index contributed by atoms with van der Waals surface area (Å²) in [5.74, 6) is 0. The zero-order valence-electron chi connectivity index (χ0n) is 25.1. The van der Waals surface area contributed by atoms with E-state index in [9.17, 15) is 0 Å². The second-order valence-corrected chi connectivity index (χ2v) is 12.2. The molecule has 0 N–H and O–H groups in total. The Morgan fingerprint density at radius 2 is 0.913 bits per heavy atom. The molecule has 214 valence electrons. The van der Waals surface area contributed by atoms with E-state index in [4.69, 9.17) is 0 Å². The Bertz CT molecular complexity index is 2800. The summed E-state index contributed by atoms with van der Waals surface area (Å²) in [6, 6.07) is 59.9. The molecule has 0 spiro atoms. The lowest BCUT2D eigenvalue weighted by molar-refractivity contribution is 1.14. The monoisotopic (exact) mass is 584 g/mol. The van der Waals surface area contributed by atoms with Gasteiger partial charge in [0.15, 0.2) is 0 Å². The maximum absolute atomic E-state index is 2.48. The summed E-state index contributed by atoms with van der Waals surface area (Å²) in [6.07, 6.45) is 2.20. The maximum Gasteiger partial charge on any atom is 0.0619 e. The van der Waals surface area contributed by atoms with Gasteiger partial charge in [-0.1, -0.05) is 121 Å². The van der Waals surface area contributed by atoms with Crippen molar-refractivity contribution in [3.63, 3.8) is 0 Å². The van der Waals surface area contributed by atoms with Crippen LogP contribution in [0.15, 0.2) is 170 Å². The molecule has 0 unspecified atom stereocenters. The van der Waals surface area contributed by atoms with Crippen LogP contribution >= 0.6 is 0 Å². The van der Waals surface area contributed by atoms with Crippen molar-refractivity contribution in [2.75, 3.05) is 0 Å². The van der Waals surface area contributed by atoms with Gasteiger partial charge in [0.1, 0.15) is 0 Å². The molecule has 0 atom stereocenters. The molecule has 10 aromatic rings. The Balaban J connectivity index is 1.19. The van der Waals surface area contributed by atoms with E-state index in [1.54, 1.807) is 0 Å². The molecule has 8 aromatic carbocycles. The highest BCUT2D eigenvalue weighted by Crippen LogP contribution is 2.40. The maximum atomic E-state index is 2.48. The SMILES string of the molecule is c1ccc2c(-n3ccc4cc(-c5ccc6c(c5)c5ccc7ccccc7c5n6-c5cccc6ccccc56)ccc43)cccc2c1. The van der Waals surface area contributed by atoms with Crippen LogP contribution in [0.5, 0.6) is 0 Å². The molecule has 2 nitrogen and oxygen atoms in total. The first-order valence-corrected chi connectivity index (χ1v) is 15.9. The van der Waals surface area contributed by atoms with Gasteiger partial charge in [-0.05, 0) is 69.8 Å². The molecule has 10 rings (SSSR count). The van der Waals surface area contributed by atoms with Crippen molar-refractivity contribution in [3.8, 4) is 22.5 Å². The van der Waals surface area contributed by atoms with E-state index in [1.807, 2.05) is 0 Å². The van der Waals surface area contributed by atoms with Crippen LogP contribution in [0.1, 0.15) is 0 Å². The van der Waals surface area contributed by atoms with Crippen molar-refractivity contribution in [1.29, 1.82) is 0 Å². The molecular weight excluding hydrogens is 556 g/mol. The fourth-order valence-electron chi connectivity index (χ4n) is 7.56. The predicted molar refractivity (Wildman–Crippen MR) is 196 cm³/mol. The number of aromatic nitrogens is 2. The third kappa shape index (κ3) is 3.65. The van der Waals surface area contributed by atoms with Crippen LogP contribution in [0.2, 0.25) is 0 Å². The standard InChI is InChI=1S/C44H28N2/c1-4-14-35-29(9-1)12-7-17-41(35)45-26-25-34-27-32(20-23-40(34)45)33-21-24-43-39(28-33)38-22-19-31-11-3-6-16-37(31)44(38)46(43)42-18-8-13-30-10-2-5-15-36(30)42/h1-28H. The van der Waals surface area contributed by atoms with E-state index in [-0.39, 0.29) is 0 Å². The lowest BCUT2D eigenvalue weighted by atomic mass is 10.0. The number of benzene rings is 8. The topological polar surface area (TPSA) is 9.86 Å². The second kappa shape index (κ2) is 9.69. The molecule has 0 aliphatic rings. The van der Waals surface area contributed by atoms with E-state index in [0.29, 0.717) is 0 Å². The summed E-state index contributed by atoms with van der Waals surface area (Å²) in [5.41, 5.74) is 8.53. The van der Waals surface area contributed by atoms with Gasteiger partial charge in [0.25, 0.3) is 0 Å². The quantitative estimate of drug-likeness (QED) is 0.195. The second-order valence-electron chi connectivity index (χ2n) is 12.2. The molecule has 0 amide bonds. The van der Waals surface area contributed by atoms with Gasteiger partial charge in [-0.3, -0.25) is 0 Å². The predicted octanol–water partition coefficient (Wildman–Crippen LogP) is 11.9. The van der Waals surface area contributed by atoms with Crippen LogP contribution < -0.4 is 0 Å². The minimum absolute atomic E-state index is 1.20. The van der Waals surface area contributed by atoms with E-state index in [0.717, 1.165) is 0 Å². The van der Waals surface area contributed by atoms with Crippen molar-refractivity contribution in [2.24, 2.45) is 0 Å². The molecule has 2 heterocycles. The van der Waals surface area contributed by atoms with Crippen LogP contribution in [-0.2, 0) is 0 Å². The molecule has 0 fully saturated rings. The van der Waals surface area contributed by atoms with Crippen molar-refractivity contribution in [1.82, 2.24) is 9.13 Å². The number of nitrogens with zero attached hydrogens (tertiary/aromatic N) is 2. The summed E-state index contributed by atoms with van der Waals surface area (Å²) in [5, 5.41) is 11.3. The Morgan fingerprint density at radius 1 is 0.326 bits per heavy atom. The molecular formula is C44H28N2. The largest absolute Gasteiger partial charge is 0.316 e. The third-order valence-corrected chi connectivity index (χ3v) is 9.71. The van der Waals surface area contributed by atoms with Gasteiger partial charge in [0.2, 0.25) is 0 Å². The van der Waals surface area contributed by atoms with Crippen LogP contribution in [0.25, 0.3) is 87.5 Å². The Hall–Kier alpha value is -6.12. The highest BCUT2D eigenvalue weighted by Gasteiger charge is 2.17. The summed E-state index contributed by atoms with van der Waals surface area (Å²) in [6.45, 7) is 0. The summed E-state index contributed by atoms with van der Waals surface area (Å²) >= 11 is 0. The minimum Gasteiger partial charge on any atom is -0.316 e. The highest BCUT2D eigenvalue weighted by atomic mass is 15.0. The molecule has 0 saturated heterocycles. The fraction of sp³-hybridized carbons (Fsp3) is 0. The van der Waals surface area contributed by atoms with Crippen molar-refractivity contribution in [3.05, 3.63) is 170 Å². The van der Waals surface area contributed by atoms with E-state index < -0.39 is 0 Å². The van der Waals surface area contributed by atoms with Crippen molar-refractivity contribution >= 4 is 65.0 Å². The summed E-state index contributed by atoms with van der Waals surface area (Å²) in [7, 11) is 0. The molecule has 0 bridgehead atoms. The van der Waals surface area contributed by atoms with Crippen LogP contribution in [0, 0.1) is 0 Å². The van der Waals surface area contributed by atoms with Crippen LogP contribution in [-0.4, -0.2) is 9.13 Å². The van der Waals surface area contributed by atoms with Gasteiger partial charge < -0.3 is 9.13 Å². The number of rotatable bonds is 3. The zero-order chi connectivity index (χ0) is 30.2. The highest BCUT2D eigenvalue weighted by molar-refractivity contribution is 6.20. The average molecular weight is 585 g/mol. The first kappa shape index (κ1) is 25.2.